The van der Waals surface area contributed by atoms with Crippen molar-refractivity contribution in [3.05, 3.63) is 11.1 Å². The molecule has 0 bridgehead atoms. The summed E-state index contributed by atoms with van der Waals surface area (Å²) in [6.07, 6.45) is 0. The van der Waals surface area contributed by atoms with Gasteiger partial charge < -0.3 is 15.0 Å². The second-order valence-electron chi connectivity index (χ2n) is 3.19. The Kier molecular flexibility index (Phi) is 4.86. The van der Waals surface area contributed by atoms with Crippen LogP contribution < -0.4 is 10.2 Å². The predicted octanol–water partition coefficient (Wildman–Crippen LogP) is 0.945. The van der Waals surface area contributed by atoms with Crippen LogP contribution in [0.3, 0.4) is 0 Å². The lowest BCUT2D eigenvalue weighted by atomic mass is 10.5. The number of rotatable bonds is 6. The highest BCUT2D eigenvalue weighted by Crippen LogP contribution is 2.17. The van der Waals surface area contributed by atoms with Crippen molar-refractivity contribution in [1.82, 2.24) is 10.3 Å². The fourth-order valence-corrected chi connectivity index (χ4v) is 1.73. The van der Waals surface area contributed by atoms with Crippen LogP contribution in [-0.4, -0.2) is 39.3 Å². The summed E-state index contributed by atoms with van der Waals surface area (Å²) in [6, 6.07) is 0. The summed E-state index contributed by atoms with van der Waals surface area (Å²) in [6.45, 7) is 2.42. The molecule has 1 N–H and O–H groups in total. The van der Waals surface area contributed by atoms with Gasteiger partial charge in [0.05, 0.1) is 12.3 Å². The third kappa shape index (κ3) is 3.61. The van der Waals surface area contributed by atoms with Crippen molar-refractivity contribution in [2.45, 2.75) is 6.54 Å². The van der Waals surface area contributed by atoms with E-state index in [1.165, 1.54) is 0 Å². The third-order valence-electron chi connectivity index (χ3n) is 1.71. The van der Waals surface area contributed by atoms with Crippen LogP contribution in [0.25, 0.3) is 0 Å². The summed E-state index contributed by atoms with van der Waals surface area (Å²) < 4.78 is 4.93. The van der Waals surface area contributed by atoms with Gasteiger partial charge in [0.1, 0.15) is 0 Å². The zero-order valence-corrected chi connectivity index (χ0v) is 9.73. The van der Waals surface area contributed by atoms with Crippen LogP contribution in [0.2, 0.25) is 0 Å². The normalized spacial score (nSPS) is 10.5. The minimum Gasteiger partial charge on any atom is -0.383 e. The van der Waals surface area contributed by atoms with Gasteiger partial charge >= 0.3 is 0 Å². The molecular weight excluding hydrogens is 198 g/mol. The van der Waals surface area contributed by atoms with Crippen molar-refractivity contribution in [2.75, 3.05) is 39.3 Å². The lowest BCUT2D eigenvalue weighted by Gasteiger charge is -2.05. The molecule has 0 saturated heterocycles. The molecule has 0 aliphatic carbocycles. The number of ether oxygens (including phenoxy) is 1. The van der Waals surface area contributed by atoms with E-state index in [4.69, 9.17) is 4.74 Å². The second kappa shape index (κ2) is 5.95. The molecule has 0 unspecified atom stereocenters. The number of aromatic nitrogens is 1. The Labute approximate surface area is 88.9 Å². The van der Waals surface area contributed by atoms with Gasteiger partial charge in [0.15, 0.2) is 5.13 Å². The Morgan fingerprint density at radius 2 is 2.36 bits per heavy atom. The molecule has 0 amide bonds. The molecule has 1 aromatic rings. The van der Waals surface area contributed by atoms with Crippen molar-refractivity contribution >= 4 is 16.5 Å². The van der Waals surface area contributed by atoms with Gasteiger partial charge in [0, 0.05) is 39.7 Å². The maximum atomic E-state index is 4.93. The largest absolute Gasteiger partial charge is 0.383 e. The first-order valence-corrected chi connectivity index (χ1v) is 5.43. The van der Waals surface area contributed by atoms with Crippen LogP contribution in [-0.2, 0) is 11.3 Å². The molecule has 80 valence electrons. The van der Waals surface area contributed by atoms with E-state index in [0.29, 0.717) is 0 Å². The van der Waals surface area contributed by atoms with Crippen LogP contribution in [0.15, 0.2) is 5.38 Å². The molecule has 0 aliphatic heterocycles. The standard InChI is InChI=1S/C9H17N3OS/c1-12(2)9-11-8(7-14-9)6-10-4-5-13-3/h7,10H,4-6H2,1-3H3. The first kappa shape index (κ1) is 11.4. The summed E-state index contributed by atoms with van der Waals surface area (Å²) in [5.74, 6) is 0. The van der Waals surface area contributed by atoms with Gasteiger partial charge in [0.2, 0.25) is 0 Å². The number of thiazole rings is 1. The first-order chi connectivity index (χ1) is 6.74. The highest BCUT2D eigenvalue weighted by molar-refractivity contribution is 7.13. The average molecular weight is 215 g/mol. The molecule has 14 heavy (non-hydrogen) atoms. The van der Waals surface area contributed by atoms with E-state index in [-0.39, 0.29) is 0 Å². The summed E-state index contributed by atoms with van der Waals surface area (Å²) in [4.78, 5) is 6.47. The second-order valence-corrected chi connectivity index (χ2v) is 4.02. The molecule has 1 heterocycles. The number of nitrogens with one attached hydrogen (secondary N) is 1. The molecule has 0 atom stereocenters. The average Bonchev–Trinajstić information content (AvgIpc) is 2.61. The van der Waals surface area contributed by atoms with Gasteiger partial charge in [-0.15, -0.1) is 11.3 Å². The Morgan fingerprint density at radius 1 is 1.57 bits per heavy atom. The quantitative estimate of drug-likeness (QED) is 0.717. The van der Waals surface area contributed by atoms with Gasteiger partial charge in [-0.2, -0.15) is 0 Å². The summed E-state index contributed by atoms with van der Waals surface area (Å²) in [7, 11) is 5.70. The molecule has 1 rings (SSSR count). The molecule has 4 nitrogen and oxygen atoms in total. The Balaban J connectivity index is 2.29. The number of anilines is 1. The maximum Gasteiger partial charge on any atom is 0.185 e. The molecule has 0 aliphatic rings. The molecular formula is C9H17N3OS. The Morgan fingerprint density at radius 3 is 2.93 bits per heavy atom. The molecule has 0 fully saturated rings. The fourth-order valence-electron chi connectivity index (χ4n) is 0.974. The van der Waals surface area contributed by atoms with E-state index < -0.39 is 0 Å². The van der Waals surface area contributed by atoms with Crippen LogP contribution >= 0.6 is 11.3 Å². The molecule has 0 saturated carbocycles. The summed E-state index contributed by atoms with van der Waals surface area (Å²) in [5.41, 5.74) is 1.09. The predicted molar refractivity (Wildman–Crippen MR) is 60.0 cm³/mol. The minimum atomic E-state index is 0.741. The molecule has 1 aromatic heterocycles. The number of hydrogen-bond acceptors (Lipinski definition) is 5. The van der Waals surface area contributed by atoms with Gasteiger partial charge in [-0.1, -0.05) is 0 Å². The van der Waals surface area contributed by atoms with Crippen LogP contribution in [0.5, 0.6) is 0 Å². The smallest absolute Gasteiger partial charge is 0.185 e. The molecule has 0 radical (unpaired) electrons. The van der Waals surface area contributed by atoms with Crippen LogP contribution in [0.1, 0.15) is 5.69 Å². The van der Waals surface area contributed by atoms with Crippen molar-refractivity contribution in [3.63, 3.8) is 0 Å². The van der Waals surface area contributed by atoms with Crippen LogP contribution in [0, 0.1) is 0 Å². The monoisotopic (exact) mass is 215 g/mol. The lowest BCUT2D eigenvalue weighted by Crippen LogP contribution is -2.18. The number of methoxy groups -OCH3 is 1. The SMILES string of the molecule is COCCNCc1csc(N(C)C)n1. The minimum absolute atomic E-state index is 0.741. The van der Waals surface area contributed by atoms with E-state index in [1.54, 1.807) is 18.4 Å². The highest BCUT2D eigenvalue weighted by Gasteiger charge is 2.02. The Bertz CT molecular complexity index is 262. The van der Waals surface area contributed by atoms with E-state index in [9.17, 15) is 0 Å². The topological polar surface area (TPSA) is 37.4 Å². The van der Waals surface area contributed by atoms with E-state index >= 15 is 0 Å². The van der Waals surface area contributed by atoms with E-state index in [1.807, 2.05) is 19.0 Å². The van der Waals surface area contributed by atoms with Crippen molar-refractivity contribution in [1.29, 1.82) is 0 Å². The zero-order valence-electron chi connectivity index (χ0n) is 8.91. The zero-order chi connectivity index (χ0) is 10.4. The highest BCUT2D eigenvalue weighted by atomic mass is 32.1. The third-order valence-corrected chi connectivity index (χ3v) is 2.77. The van der Waals surface area contributed by atoms with Crippen molar-refractivity contribution in [2.24, 2.45) is 0 Å². The van der Waals surface area contributed by atoms with Gasteiger partial charge in [-0.3, -0.25) is 0 Å². The summed E-state index contributed by atoms with van der Waals surface area (Å²) >= 11 is 1.66. The van der Waals surface area contributed by atoms with Gasteiger partial charge in [-0.05, 0) is 0 Å². The van der Waals surface area contributed by atoms with E-state index in [0.717, 1.165) is 30.5 Å². The number of hydrogen-bond donors (Lipinski definition) is 1. The molecule has 0 aromatic carbocycles. The van der Waals surface area contributed by atoms with Crippen molar-refractivity contribution < 1.29 is 4.74 Å². The molecule has 0 spiro atoms. The number of nitrogens with zero attached hydrogens (tertiary/aromatic N) is 2. The lowest BCUT2D eigenvalue weighted by molar-refractivity contribution is 0.199. The maximum absolute atomic E-state index is 4.93. The van der Waals surface area contributed by atoms with E-state index in [2.05, 4.69) is 15.7 Å². The van der Waals surface area contributed by atoms with Crippen molar-refractivity contribution in [3.8, 4) is 0 Å². The Hall–Kier alpha value is -0.650. The first-order valence-electron chi connectivity index (χ1n) is 4.55. The summed E-state index contributed by atoms with van der Waals surface area (Å²) in [5, 5.41) is 6.38. The fraction of sp³-hybridized carbons (Fsp3) is 0.667. The van der Waals surface area contributed by atoms with Crippen LogP contribution in [0.4, 0.5) is 5.13 Å². The van der Waals surface area contributed by atoms with Gasteiger partial charge in [0.25, 0.3) is 0 Å². The molecule has 5 heteroatoms. The van der Waals surface area contributed by atoms with Gasteiger partial charge in [-0.25, -0.2) is 4.98 Å².